The first-order valence-corrected chi connectivity index (χ1v) is 4.53. The van der Waals surface area contributed by atoms with Crippen molar-refractivity contribution in [1.82, 2.24) is 15.3 Å². The molecule has 1 atom stereocenters. The van der Waals surface area contributed by atoms with E-state index in [2.05, 4.69) is 22.4 Å². The standard InChI is InChI=1S/C8H19N3O/c1-8(12)7-9-11-5-3-10(2)4-6-11/h8-9,12H,3-7H2,1-2H3/t8-/m1/s1. The highest BCUT2D eigenvalue weighted by atomic mass is 16.3. The van der Waals surface area contributed by atoms with Crippen LogP contribution in [0.15, 0.2) is 0 Å². The van der Waals surface area contributed by atoms with Crippen LogP contribution in [0.1, 0.15) is 6.92 Å². The fourth-order valence-electron chi connectivity index (χ4n) is 1.23. The fourth-order valence-corrected chi connectivity index (χ4v) is 1.23. The predicted octanol–water partition coefficient (Wildman–Crippen LogP) is -0.881. The van der Waals surface area contributed by atoms with E-state index in [9.17, 15) is 0 Å². The van der Waals surface area contributed by atoms with Crippen LogP contribution in [0.2, 0.25) is 0 Å². The number of rotatable bonds is 3. The third-order valence-corrected chi connectivity index (χ3v) is 2.11. The average molecular weight is 173 g/mol. The summed E-state index contributed by atoms with van der Waals surface area (Å²) >= 11 is 0. The van der Waals surface area contributed by atoms with Gasteiger partial charge in [-0.3, -0.25) is 5.43 Å². The molecule has 0 bridgehead atoms. The summed E-state index contributed by atoms with van der Waals surface area (Å²) < 4.78 is 0. The van der Waals surface area contributed by atoms with Gasteiger partial charge in [0.2, 0.25) is 0 Å². The molecule has 1 rings (SSSR count). The second-order valence-electron chi connectivity index (χ2n) is 3.50. The fraction of sp³-hybridized carbons (Fsp3) is 1.00. The molecule has 72 valence electrons. The van der Waals surface area contributed by atoms with Gasteiger partial charge in [-0.05, 0) is 14.0 Å². The van der Waals surface area contributed by atoms with Crippen molar-refractivity contribution in [2.24, 2.45) is 0 Å². The molecule has 1 aliphatic rings. The maximum Gasteiger partial charge on any atom is 0.0650 e. The molecule has 0 amide bonds. The van der Waals surface area contributed by atoms with E-state index in [0.29, 0.717) is 6.54 Å². The van der Waals surface area contributed by atoms with E-state index in [4.69, 9.17) is 5.11 Å². The topological polar surface area (TPSA) is 38.7 Å². The lowest BCUT2D eigenvalue weighted by Gasteiger charge is -2.32. The molecule has 0 aromatic heterocycles. The van der Waals surface area contributed by atoms with E-state index in [1.165, 1.54) is 0 Å². The molecule has 0 aliphatic carbocycles. The minimum absolute atomic E-state index is 0.260. The molecule has 1 fully saturated rings. The summed E-state index contributed by atoms with van der Waals surface area (Å²) in [6.45, 7) is 6.75. The molecule has 12 heavy (non-hydrogen) atoms. The number of piperazine rings is 1. The van der Waals surface area contributed by atoms with E-state index in [1.807, 2.05) is 0 Å². The second-order valence-corrected chi connectivity index (χ2v) is 3.50. The van der Waals surface area contributed by atoms with Crippen molar-refractivity contribution in [1.29, 1.82) is 0 Å². The lowest BCUT2D eigenvalue weighted by molar-refractivity contribution is 0.0794. The summed E-state index contributed by atoms with van der Waals surface area (Å²) in [5.41, 5.74) is 3.20. The molecule has 0 aromatic rings. The Morgan fingerprint density at radius 3 is 2.42 bits per heavy atom. The van der Waals surface area contributed by atoms with Crippen LogP contribution in [0.3, 0.4) is 0 Å². The Hall–Kier alpha value is -0.160. The van der Waals surface area contributed by atoms with Crippen LogP contribution in [-0.2, 0) is 0 Å². The van der Waals surface area contributed by atoms with Gasteiger partial charge in [0.05, 0.1) is 6.10 Å². The zero-order valence-electron chi connectivity index (χ0n) is 7.95. The van der Waals surface area contributed by atoms with Gasteiger partial charge in [0.1, 0.15) is 0 Å². The Labute approximate surface area is 74.1 Å². The van der Waals surface area contributed by atoms with Crippen LogP contribution in [0.4, 0.5) is 0 Å². The van der Waals surface area contributed by atoms with Crippen LogP contribution < -0.4 is 5.43 Å². The van der Waals surface area contributed by atoms with Crippen LogP contribution in [0.25, 0.3) is 0 Å². The first-order valence-electron chi connectivity index (χ1n) is 4.53. The summed E-state index contributed by atoms with van der Waals surface area (Å²) in [6.07, 6.45) is -0.260. The number of hydrogen-bond acceptors (Lipinski definition) is 4. The summed E-state index contributed by atoms with van der Waals surface area (Å²) in [6, 6.07) is 0. The van der Waals surface area contributed by atoms with Crippen molar-refractivity contribution in [2.75, 3.05) is 39.8 Å². The number of hydrazine groups is 1. The minimum Gasteiger partial charge on any atom is -0.392 e. The largest absolute Gasteiger partial charge is 0.392 e. The van der Waals surface area contributed by atoms with Gasteiger partial charge in [-0.2, -0.15) is 0 Å². The smallest absolute Gasteiger partial charge is 0.0650 e. The van der Waals surface area contributed by atoms with Gasteiger partial charge in [-0.1, -0.05) is 0 Å². The first kappa shape index (κ1) is 9.92. The van der Waals surface area contributed by atoms with Crippen molar-refractivity contribution >= 4 is 0 Å². The molecule has 1 saturated heterocycles. The molecule has 0 radical (unpaired) electrons. The van der Waals surface area contributed by atoms with Gasteiger partial charge < -0.3 is 10.0 Å². The highest BCUT2D eigenvalue weighted by molar-refractivity contribution is 4.66. The first-order chi connectivity index (χ1) is 5.68. The van der Waals surface area contributed by atoms with Crippen molar-refractivity contribution in [2.45, 2.75) is 13.0 Å². The summed E-state index contributed by atoms with van der Waals surface area (Å²) in [5, 5.41) is 11.2. The molecule has 0 unspecified atom stereocenters. The summed E-state index contributed by atoms with van der Waals surface area (Å²) in [7, 11) is 2.13. The number of aliphatic hydroxyl groups excluding tert-OH is 1. The minimum atomic E-state index is -0.260. The number of nitrogens with one attached hydrogen (secondary N) is 1. The van der Waals surface area contributed by atoms with Crippen LogP contribution in [0, 0.1) is 0 Å². The quantitative estimate of drug-likeness (QED) is 0.581. The molecule has 1 heterocycles. The number of nitrogens with zero attached hydrogens (tertiary/aromatic N) is 2. The van der Waals surface area contributed by atoms with Crippen LogP contribution in [-0.4, -0.2) is 60.9 Å². The molecule has 4 heteroatoms. The van der Waals surface area contributed by atoms with Gasteiger partial charge in [0.15, 0.2) is 0 Å². The molecule has 0 spiro atoms. The number of hydrogen-bond donors (Lipinski definition) is 2. The Bertz CT molecular complexity index is 121. The highest BCUT2D eigenvalue weighted by Crippen LogP contribution is 1.94. The van der Waals surface area contributed by atoms with E-state index in [-0.39, 0.29) is 6.10 Å². The van der Waals surface area contributed by atoms with Gasteiger partial charge >= 0.3 is 0 Å². The SMILES string of the molecule is C[C@@H](O)CNN1CCN(C)CC1. The normalized spacial score (nSPS) is 24.2. The van der Waals surface area contributed by atoms with Crippen LogP contribution in [0.5, 0.6) is 0 Å². The third-order valence-electron chi connectivity index (χ3n) is 2.11. The molecule has 1 aliphatic heterocycles. The molecule has 0 saturated carbocycles. The number of likely N-dealkylation sites (N-methyl/N-ethyl adjacent to an activating group) is 1. The summed E-state index contributed by atoms with van der Waals surface area (Å²) in [5.74, 6) is 0. The monoisotopic (exact) mass is 173 g/mol. The third kappa shape index (κ3) is 3.49. The van der Waals surface area contributed by atoms with Crippen molar-refractivity contribution < 1.29 is 5.11 Å². The molecule has 4 nitrogen and oxygen atoms in total. The lowest BCUT2D eigenvalue weighted by atomic mass is 10.4. The predicted molar refractivity (Wildman–Crippen MR) is 48.8 cm³/mol. The van der Waals surface area contributed by atoms with Crippen LogP contribution >= 0.6 is 0 Å². The van der Waals surface area contributed by atoms with E-state index >= 15 is 0 Å². The summed E-state index contributed by atoms with van der Waals surface area (Å²) in [4.78, 5) is 2.31. The molecular weight excluding hydrogens is 154 g/mol. The molecule has 0 aromatic carbocycles. The number of aliphatic hydroxyl groups is 1. The zero-order valence-corrected chi connectivity index (χ0v) is 7.95. The molecular formula is C8H19N3O. The Morgan fingerprint density at radius 2 is 1.92 bits per heavy atom. The van der Waals surface area contributed by atoms with E-state index in [0.717, 1.165) is 26.2 Å². The van der Waals surface area contributed by atoms with Crippen molar-refractivity contribution in [3.63, 3.8) is 0 Å². The molecule has 2 N–H and O–H groups in total. The Morgan fingerprint density at radius 1 is 1.33 bits per heavy atom. The van der Waals surface area contributed by atoms with E-state index < -0.39 is 0 Å². The van der Waals surface area contributed by atoms with Gasteiger partial charge in [0.25, 0.3) is 0 Å². The van der Waals surface area contributed by atoms with Gasteiger partial charge in [-0.25, -0.2) is 5.01 Å². The Kier molecular flexibility index (Phi) is 3.94. The van der Waals surface area contributed by atoms with Crippen molar-refractivity contribution in [3.05, 3.63) is 0 Å². The Balaban J connectivity index is 2.09. The average Bonchev–Trinajstić information content (AvgIpc) is 2.03. The van der Waals surface area contributed by atoms with Gasteiger partial charge in [-0.15, -0.1) is 0 Å². The van der Waals surface area contributed by atoms with Crippen molar-refractivity contribution in [3.8, 4) is 0 Å². The zero-order chi connectivity index (χ0) is 8.97. The maximum atomic E-state index is 9.04. The highest BCUT2D eigenvalue weighted by Gasteiger charge is 2.12. The van der Waals surface area contributed by atoms with E-state index in [1.54, 1.807) is 6.92 Å². The van der Waals surface area contributed by atoms with Gasteiger partial charge in [0, 0.05) is 32.7 Å². The lowest BCUT2D eigenvalue weighted by Crippen LogP contribution is -2.52. The second kappa shape index (κ2) is 4.77. The maximum absolute atomic E-state index is 9.04.